The summed E-state index contributed by atoms with van der Waals surface area (Å²) in [7, 11) is 0. The first-order valence-electron chi connectivity index (χ1n) is 5.72. The molecule has 1 aromatic rings. The molecule has 2 unspecified atom stereocenters. The molecular formula is C11H15N3O5S. The minimum Gasteiger partial charge on any atom is -0.390 e. The summed E-state index contributed by atoms with van der Waals surface area (Å²) < 4.78 is 0. The average Bonchev–Trinajstić information content (AvgIpc) is 2.37. The molecule has 8 nitrogen and oxygen atoms in total. The van der Waals surface area contributed by atoms with Gasteiger partial charge in [0.2, 0.25) is 5.82 Å². The number of hydrogen-bond acceptors (Lipinski definition) is 8. The molecule has 0 aromatic carbocycles. The quantitative estimate of drug-likeness (QED) is 0.513. The molecule has 0 fully saturated rings. The third-order valence-corrected chi connectivity index (χ3v) is 3.39. The number of aliphatic hydroxyl groups is 2. The predicted octanol–water partition coefficient (Wildman–Crippen LogP) is 0.636. The molecule has 1 aromatic heterocycles. The highest BCUT2D eigenvalue weighted by Gasteiger charge is 2.22. The van der Waals surface area contributed by atoms with Gasteiger partial charge in [-0.3, -0.25) is 14.9 Å². The number of thioether (sulfide) groups is 1. The van der Waals surface area contributed by atoms with Crippen LogP contribution in [0.25, 0.3) is 0 Å². The first-order chi connectivity index (χ1) is 9.32. The summed E-state index contributed by atoms with van der Waals surface area (Å²) in [5.41, 5.74) is 5.02. The number of hydrogen-bond donors (Lipinski definition) is 3. The summed E-state index contributed by atoms with van der Waals surface area (Å²) in [6.45, 7) is 1.40. The van der Waals surface area contributed by atoms with Crippen molar-refractivity contribution >= 4 is 28.4 Å². The molecule has 0 bridgehead atoms. The van der Waals surface area contributed by atoms with Gasteiger partial charge in [0.15, 0.2) is 5.12 Å². The van der Waals surface area contributed by atoms with Crippen LogP contribution in [0.4, 0.5) is 11.5 Å². The van der Waals surface area contributed by atoms with Gasteiger partial charge >= 0.3 is 5.69 Å². The van der Waals surface area contributed by atoms with Crippen LogP contribution in [-0.2, 0) is 4.79 Å². The lowest BCUT2D eigenvalue weighted by Crippen LogP contribution is -2.19. The summed E-state index contributed by atoms with van der Waals surface area (Å²) in [5.74, 6) is 0.0884. The van der Waals surface area contributed by atoms with Gasteiger partial charge in [0.05, 0.1) is 11.0 Å². The van der Waals surface area contributed by atoms with Crippen molar-refractivity contribution < 1.29 is 19.9 Å². The van der Waals surface area contributed by atoms with Crippen LogP contribution >= 0.6 is 11.8 Å². The summed E-state index contributed by atoms with van der Waals surface area (Å²) in [5, 5.41) is 30.3. The Hall–Kier alpha value is -1.71. The molecule has 1 rings (SSSR count). The van der Waals surface area contributed by atoms with Gasteiger partial charge in [-0.25, -0.2) is 4.98 Å². The Bertz CT molecular complexity index is 511. The third-order valence-electron chi connectivity index (χ3n) is 2.54. The molecule has 0 saturated carbocycles. The lowest BCUT2D eigenvalue weighted by atomic mass is 10.0. The summed E-state index contributed by atoms with van der Waals surface area (Å²) in [6.07, 6.45) is -1.13. The summed E-state index contributed by atoms with van der Waals surface area (Å²) in [4.78, 5) is 24.4. The largest absolute Gasteiger partial charge is 0.390 e. The van der Waals surface area contributed by atoms with E-state index in [1.807, 2.05) is 0 Å². The van der Waals surface area contributed by atoms with Crippen LogP contribution < -0.4 is 5.73 Å². The van der Waals surface area contributed by atoms with E-state index < -0.39 is 22.8 Å². The van der Waals surface area contributed by atoms with Gasteiger partial charge in [-0.2, -0.15) is 0 Å². The van der Waals surface area contributed by atoms with Crippen LogP contribution in [0.1, 0.15) is 25.0 Å². The Labute approximate surface area is 119 Å². The van der Waals surface area contributed by atoms with Crippen molar-refractivity contribution in [2.75, 3.05) is 11.5 Å². The van der Waals surface area contributed by atoms with Crippen molar-refractivity contribution in [3.8, 4) is 0 Å². The Balaban J connectivity index is 2.76. The number of aliphatic hydroxyl groups excluding tert-OH is 2. The average molecular weight is 301 g/mol. The number of pyridine rings is 1. The first-order valence-corrected chi connectivity index (χ1v) is 6.70. The van der Waals surface area contributed by atoms with Crippen molar-refractivity contribution in [2.24, 2.45) is 0 Å². The van der Waals surface area contributed by atoms with Crippen LogP contribution in [0.3, 0.4) is 0 Å². The van der Waals surface area contributed by atoms with Crippen molar-refractivity contribution in [3.05, 3.63) is 27.9 Å². The second-order valence-electron chi connectivity index (χ2n) is 4.07. The molecule has 1 heterocycles. The number of nitrogens with zero attached hydrogens (tertiary/aromatic N) is 2. The van der Waals surface area contributed by atoms with Crippen LogP contribution in [0, 0.1) is 10.1 Å². The highest BCUT2D eigenvalue weighted by molar-refractivity contribution is 8.13. The number of aromatic nitrogens is 1. The van der Waals surface area contributed by atoms with E-state index in [1.54, 1.807) is 0 Å². The molecule has 0 saturated heterocycles. The van der Waals surface area contributed by atoms with E-state index in [0.29, 0.717) is 5.75 Å². The molecule has 0 amide bonds. The topological polar surface area (TPSA) is 140 Å². The lowest BCUT2D eigenvalue weighted by molar-refractivity contribution is -0.384. The Morgan fingerprint density at radius 3 is 2.80 bits per heavy atom. The first kappa shape index (κ1) is 16.3. The van der Waals surface area contributed by atoms with Crippen molar-refractivity contribution in [3.63, 3.8) is 0 Å². The van der Waals surface area contributed by atoms with E-state index in [9.17, 15) is 25.1 Å². The maximum absolute atomic E-state index is 10.7. The molecule has 9 heteroatoms. The van der Waals surface area contributed by atoms with Crippen LogP contribution in [0.2, 0.25) is 0 Å². The van der Waals surface area contributed by atoms with E-state index >= 15 is 0 Å². The normalized spacial score (nSPS) is 13.8. The second-order valence-corrected chi connectivity index (χ2v) is 5.34. The fourth-order valence-corrected chi connectivity index (χ4v) is 2.14. The van der Waals surface area contributed by atoms with E-state index in [4.69, 9.17) is 5.73 Å². The zero-order valence-electron chi connectivity index (χ0n) is 10.7. The molecule has 0 aliphatic rings. The number of nitrogens with two attached hydrogens (primary N) is 1. The number of carbonyl (C=O) groups excluding carboxylic acids is 1. The molecule has 4 N–H and O–H groups in total. The molecule has 0 aliphatic carbocycles. The number of nitrogen functional groups attached to an aromatic ring is 1. The standard InChI is InChI=1S/C11H15N3O5S/c1-6(15)20-3-2-9(16)10(17)7-4-8(14(18)19)11(12)13-5-7/h4-5,9-10,16-17H,2-3H2,1H3,(H2,12,13). The Morgan fingerprint density at radius 1 is 1.60 bits per heavy atom. The fraction of sp³-hybridized carbons (Fsp3) is 0.455. The number of rotatable bonds is 6. The van der Waals surface area contributed by atoms with E-state index in [1.165, 1.54) is 13.1 Å². The third kappa shape index (κ3) is 4.44. The predicted molar refractivity (Wildman–Crippen MR) is 74.0 cm³/mol. The highest BCUT2D eigenvalue weighted by Crippen LogP contribution is 2.26. The van der Waals surface area contributed by atoms with Crippen LogP contribution in [0.15, 0.2) is 12.3 Å². The minimum absolute atomic E-state index is 0.0866. The highest BCUT2D eigenvalue weighted by atomic mass is 32.2. The van der Waals surface area contributed by atoms with Crippen molar-refractivity contribution in [2.45, 2.75) is 25.6 Å². The van der Waals surface area contributed by atoms with E-state index in [0.717, 1.165) is 17.8 Å². The zero-order valence-corrected chi connectivity index (χ0v) is 11.5. The molecular weight excluding hydrogens is 286 g/mol. The van der Waals surface area contributed by atoms with Crippen molar-refractivity contribution in [1.29, 1.82) is 0 Å². The SMILES string of the molecule is CC(=O)SCCC(O)C(O)c1cnc(N)c([N+](=O)[O-])c1. The fourth-order valence-electron chi connectivity index (χ4n) is 1.49. The van der Waals surface area contributed by atoms with Gasteiger partial charge in [-0.05, 0) is 6.42 Å². The zero-order chi connectivity index (χ0) is 15.3. The lowest BCUT2D eigenvalue weighted by Gasteiger charge is -2.17. The number of carbonyl (C=O) groups is 1. The maximum Gasteiger partial charge on any atom is 0.311 e. The number of nitro groups is 1. The Kier molecular flexibility index (Phi) is 5.86. The Morgan fingerprint density at radius 2 is 2.25 bits per heavy atom. The number of anilines is 1. The summed E-state index contributed by atoms with van der Waals surface area (Å²) >= 11 is 1.03. The maximum atomic E-state index is 10.7. The van der Waals surface area contributed by atoms with Gasteiger partial charge < -0.3 is 15.9 Å². The molecule has 0 radical (unpaired) electrons. The van der Waals surface area contributed by atoms with Gasteiger partial charge in [-0.1, -0.05) is 11.8 Å². The molecule has 0 spiro atoms. The molecule has 0 aliphatic heterocycles. The molecule has 20 heavy (non-hydrogen) atoms. The molecule has 2 atom stereocenters. The summed E-state index contributed by atoms with van der Waals surface area (Å²) in [6, 6.07) is 1.08. The van der Waals surface area contributed by atoms with Crippen LogP contribution in [0.5, 0.6) is 0 Å². The smallest absolute Gasteiger partial charge is 0.311 e. The second kappa shape index (κ2) is 7.17. The van der Waals surface area contributed by atoms with Crippen molar-refractivity contribution in [1.82, 2.24) is 4.98 Å². The van der Waals surface area contributed by atoms with Gasteiger partial charge in [-0.15, -0.1) is 0 Å². The minimum atomic E-state index is -1.32. The van der Waals surface area contributed by atoms with Gasteiger partial charge in [0.25, 0.3) is 0 Å². The van der Waals surface area contributed by atoms with Gasteiger partial charge in [0, 0.05) is 30.5 Å². The van der Waals surface area contributed by atoms with E-state index in [-0.39, 0.29) is 22.9 Å². The monoisotopic (exact) mass is 301 g/mol. The molecule has 110 valence electrons. The van der Waals surface area contributed by atoms with E-state index in [2.05, 4.69) is 4.98 Å². The van der Waals surface area contributed by atoms with Gasteiger partial charge in [0.1, 0.15) is 6.10 Å². The van der Waals surface area contributed by atoms with Crippen LogP contribution in [-0.4, -0.2) is 37.1 Å².